The van der Waals surface area contributed by atoms with Crippen molar-refractivity contribution >= 4 is 29.1 Å². The lowest BCUT2D eigenvalue weighted by Crippen LogP contribution is -2.05. The smallest absolute Gasteiger partial charge is 0.357 e. The Kier molecular flexibility index (Phi) is 4.86. The lowest BCUT2D eigenvalue weighted by molar-refractivity contribution is 0.0520. The van der Waals surface area contributed by atoms with Crippen molar-refractivity contribution < 1.29 is 9.53 Å². The number of thioether (sulfide) groups is 1. The minimum Gasteiger partial charge on any atom is -0.461 e. The summed E-state index contributed by atoms with van der Waals surface area (Å²) in [5.74, 6) is 0.621. The summed E-state index contributed by atoms with van der Waals surface area (Å²) < 4.78 is 4.92. The van der Waals surface area contributed by atoms with Crippen molar-refractivity contribution in [3.63, 3.8) is 0 Å². The van der Waals surface area contributed by atoms with Crippen molar-refractivity contribution in [1.82, 2.24) is 4.98 Å². The molecule has 0 amide bonds. The number of hydrogen-bond acceptors (Lipinski definition) is 5. The van der Waals surface area contributed by atoms with E-state index in [2.05, 4.69) is 4.98 Å². The average molecular weight is 271 g/mol. The van der Waals surface area contributed by atoms with Crippen LogP contribution in [0, 0.1) is 0 Å². The number of aromatic nitrogens is 1. The third-order valence-corrected chi connectivity index (χ3v) is 5.20. The van der Waals surface area contributed by atoms with Gasteiger partial charge < -0.3 is 4.74 Å². The summed E-state index contributed by atoms with van der Waals surface area (Å²) in [7, 11) is 0. The highest BCUT2D eigenvalue weighted by molar-refractivity contribution is 7.99. The van der Waals surface area contributed by atoms with Gasteiger partial charge in [0.15, 0.2) is 5.69 Å². The summed E-state index contributed by atoms with van der Waals surface area (Å²) in [6.45, 7) is 2.21. The Morgan fingerprint density at radius 2 is 2.35 bits per heavy atom. The summed E-state index contributed by atoms with van der Waals surface area (Å²) in [5.41, 5.74) is 0.457. The van der Waals surface area contributed by atoms with Gasteiger partial charge in [-0.25, -0.2) is 9.78 Å². The lowest BCUT2D eigenvalue weighted by Gasteiger charge is -2.05. The standard InChI is InChI=1S/C12H17NO2S2/c1-2-15-12(14)10-7-17-11(13-10)8-16-9-5-3-4-6-9/h7,9H,2-6,8H2,1H3. The number of esters is 1. The van der Waals surface area contributed by atoms with Gasteiger partial charge in [0.1, 0.15) is 5.01 Å². The van der Waals surface area contributed by atoms with E-state index in [1.807, 2.05) is 11.8 Å². The Morgan fingerprint density at radius 3 is 3.06 bits per heavy atom. The molecule has 0 saturated heterocycles. The van der Waals surface area contributed by atoms with Crippen molar-refractivity contribution in [2.45, 2.75) is 43.6 Å². The molecule has 94 valence electrons. The zero-order valence-electron chi connectivity index (χ0n) is 9.98. The lowest BCUT2D eigenvalue weighted by atomic mass is 10.4. The summed E-state index contributed by atoms with van der Waals surface area (Å²) in [6, 6.07) is 0. The van der Waals surface area contributed by atoms with Crippen LogP contribution in [0.2, 0.25) is 0 Å². The van der Waals surface area contributed by atoms with Gasteiger partial charge in [-0.15, -0.1) is 11.3 Å². The van der Waals surface area contributed by atoms with Gasteiger partial charge >= 0.3 is 5.97 Å². The minimum absolute atomic E-state index is 0.305. The Bertz CT molecular complexity index is 372. The van der Waals surface area contributed by atoms with Gasteiger partial charge in [-0.3, -0.25) is 0 Å². The maximum Gasteiger partial charge on any atom is 0.357 e. The molecular weight excluding hydrogens is 254 g/mol. The van der Waals surface area contributed by atoms with Gasteiger partial charge in [0.25, 0.3) is 0 Å². The van der Waals surface area contributed by atoms with Crippen LogP contribution in [0.15, 0.2) is 5.38 Å². The van der Waals surface area contributed by atoms with E-state index in [1.54, 1.807) is 23.6 Å². The maximum atomic E-state index is 11.4. The van der Waals surface area contributed by atoms with E-state index in [1.165, 1.54) is 25.7 Å². The topological polar surface area (TPSA) is 39.2 Å². The first-order chi connectivity index (χ1) is 8.29. The third-order valence-electron chi connectivity index (χ3n) is 2.78. The molecule has 1 aliphatic rings. The van der Waals surface area contributed by atoms with E-state index in [0.29, 0.717) is 12.3 Å². The number of carbonyl (C=O) groups excluding carboxylic acids is 1. The molecule has 1 saturated carbocycles. The Hall–Kier alpha value is -0.550. The van der Waals surface area contributed by atoms with Crippen LogP contribution in [-0.2, 0) is 10.5 Å². The van der Waals surface area contributed by atoms with Crippen LogP contribution in [0.1, 0.15) is 48.1 Å². The minimum atomic E-state index is -0.305. The first kappa shape index (κ1) is 12.9. The number of carbonyl (C=O) groups is 1. The second kappa shape index (κ2) is 6.40. The SMILES string of the molecule is CCOC(=O)c1csc(CSC2CCCC2)n1. The molecular formula is C12H17NO2S2. The molecule has 1 aromatic rings. The second-order valence-electron chi connectivity index (χ2n) is 4.06. The van der Waals surface area contributed by atoms with Crippen LogP contribution >= 0.6 is 23.1 Å². The molecule has 1 fully saturated rings. The monoisotopic (exact) mass is 271 g/mol. The number of hydrogen-bond donors (Lipinski definition) is 0. The maximum absolute atomic E-state index is 11.4. The van der Waals surface area contributed by atoms with Crippen LogP contribution in [0.5, 0.6) is 0 Å². The van der Waals surface area contributed by atoms with Crippen LogP contribution in [0.3, 0.4) is 0 Å². The van der Waals surface area contributed by atoms with Crippen molar-refractivity contribution in [2.24, 2.45) is 0 Å². The van der Waals surface area contributed by atoms with Gasteiger partial charge in [0.05, 0.1) is 6.61 Å². The molecule has 3 nitrogen and oxygen atoms in total. The highest BCUT2D eigenvalue weighted by Gasteiger charge is 2.17. The molecule has 1 heterocycles. The fourth-order valence-electron chi connectivity index (χ4n) is 1.92. The predicted molar refractivity (Wildman–Crippen MR) is 71.6 cm³/mol. The van der Waals surface area contributed by atoms with E-state index in [0.717, 1.165) is 16.0 Å². The molecule has 17 heavy (non-hydrogen) atoms. The highest BCUT2D eigenvalue weighted by atomic mass is 32.2. The molecule has 5 heteroatoms. The van der Waals surface area contributed by atoms with Gasteiger partial charge in [-0.2, -0.15) is 11.8 Å². The van der Waals surface area contributed by atoms with Gasteiger partial charge in [-0.05, 0) is 19.8 Å². The highest BCUT2D eigenvalue weighted by Crippen LogP contribution is 2.32. The molecule has 0 aromatic carbocycles. The Labute approximate surface area is 110 Å². The molecule has 0 unspecified atom stereocenters. The molecule has 0 N–H and O–H groups in total. The number of thiazole rings is 1. The van der Waals surface area contributed by atoms with E-state index >= 15 is 0 Å². The van der Waals surface area contributed by atoms with E-state index in [9.17, 15) is 4.79 Å². The molecule has 0 radical (unpaired) electrons. The fraction of sp³-hybridized carbons (Fsp3) is 0.667. The van der Waals surface area contributed by atoms with Crippen LogP contribution in [0.4, 0.5) is 0 Å². The average Bonchev–Trinajstić information content (AvgIpc) is 2.98. The number of nitrogens with zero attached hydrogens (tertiary/aromatic N) is 1. The molecule has 2 rings (SSSR count). The molecule has 0 bridgehead atoms. The summed E-state index contributed by atoms with van der Waals surface area (Å²) in [4.78, 5) is 15.7. The fourth-order valence-corrected chi connectivity index (χ4v) is 4.05. The van der Waals surface area contributed by atoms with Crippen molar-refractivity contribution in [1.29, 1.82) is 0 Å². The second-order valence-corrected chi connectivity index (χ2v) is 6.30. The largest absolute Gasteiger partial charge is 0.461 e. The van der Waals surface area contributed by atoms with E-state index in [4.69, 9.17) is 4.74 Å². The Morgan fingerprint density at radius 1 is 1.59 bits per heavy atom. The predicted octanol–water partition coefficient (Wildman–Crippen LogP) is 3.50. The molecule has 0 atom stereocenters. The van der Waals surface area contributed by atoms with Crippen molar-refractivity contribution in [3.8, 4) is 0 Å². The third kappa shape index (κ3) is 3.71. The van der Waals surface area contributed by atoms with E-state index in [-0.39, 0.29) is 5.97 Å². The number of ether oxygens (including phenoxy) is 1. The zero-order chi connectivity index (χ0) is 12.1. The zero-order valence-corrected chi connectivity index (χ0v) is 11.6. The Balaban J connectivity index is 1.83. The summed E-state index contributed by atoms with van der Waals surface area (Å²) in [5, 5.41) is 3.62. The van der Waals surface area contributed by atoms with E-state index < -0.39 is 0 Å². The quantitative estimate of drug-likeness (QED) is 0.768. The van der Waals surface area contributed by atoms with Crippen LogP contribution in [-0.4, -0.2) is 22.8 Å². The molecule has 1 aliphatic carbocycles. The molecule has 0 aliphatic heterocycles. The molecule has 1 aromatic heterocycles. The van der Waals surface area contributed by atoms with Gasteiger partial charge in [-0.1, -0.05) is 12.8 Å². The van der Waals surface area contributed by atoms with Crippen LogP contribution < -0.4 is 0 Å². The van der Waals surface area contributed by atoms with Crippen molar-refractivity contribution in [3.05, 3.63) is 16.1 Å². The normalized spacial score (nSPS) is 16.3. The van der Waals surface area contributed by atoms with Crippen molar-refractivity contribution in [2.75, 3.05) is 6.61 Å². The number of rotatable bonds is 5. The first-order valence-electron chi connectivity index (χ1n) is 6.02. The van der Waals surface area contributed by atoms with Gasteiger partial charge in [0, 0.05) is 16.4 Å². The summed E-state index contributed by atoms with van der Waals surface area (Å²) in [6.07, 6.45) is 5.40. The molecule has 0 spiro atoms. The summed E-state index contributed by atoms with van der Waals surface area (Å²) >= 11 is 3.53. The van der Waals surface area contributed by atoms with Crippen LogP contribution in [0.25, 0.3) is 0 Å². The first-order valence-corrected chi connectivity index (χ1v) is 7.95. The van der Waals surface area contributed by atoms with Gasteiger partial charge in [0.2, 0.25) is 0 Å².